The summed E-state index contributed by atoms with van der Waals surface area (Å²) >= 11 is 0. The molecule has 6 N–H and O–H groups in total. The fraction of sp³-hybridized carbons (Fsp3) is 0.667. The maximum atomic E-state index is 9.34. The Labute approximate surface area is 153 Å². The van der Waals surface area contributed by atoms with Crippen LogP contribution in [0.5, 0.6) is 0 Å². The van der Waals surface area contributed by atoms with E-state index in [9.17, 15) is 29.7 Å². The molecule has 0 aromatic heterocycles. The van der Waals surface area contributed by atoms with E-state index in [2.05, 4.69) is 0 Å². The number of carboxylic acid groups (broad SMARTS) is 3. The summed E-state index contributed by atoms with van der Waals surface area (Å²) in [6, 6.07) is 0. The molecule has 0 saturated carbocycles. The van der Waals surface area contributed by atoms with E-state index in [0.29, 0.717) is 0 Å². The molecular formula is C9H18Cr2O12. The standard InChI is InChI=1S/3C3H6O3.2Cr.3H2O/c3*1-2(4)3(5)6;;;;;/h3*2,4H,1H3,(H,5,6);;;3*1H2/q;;;2*+3;;;/p-6. The van der Waals surface area contributed by atoms with Gasteiger partial charge in [-0.25, -0.2) is 0 Å². The van der Waals surface area contributed by atoms with Crippen LogP contribution in [0.2, 0.25) is 0 Å². The van der Waals surface area contributed by atoms with Gasteiger partial charge in [-0.1, -0.05) is 0 Å². The predicted octanol–water partition coefficient (Wildman–Crippen LogP) is -6.18. The fourth-order valence-corrected chi connectivity index (χ4v) is 0. The minimum atomic E-state index is -1.44. The minimum Gasteiger partial charge on any atom is -0.870 e. The summed E-state index contributed by atoms with van der Waals surface area (Å²) in [5.74, 6) is -4.31. The predicted molar refractivity (Wildman–Crippen MR) is 55.9 cm³/mol. The molecule has 0 heterocycles. The molecule has 0 aliphatic carbocycles. The zero-order valence-corrected chi connectivity index (χ0v) is 14.7. The van der Waals surface area contributed by atoms with Gasteiger partial charge in [0.1, 0.15) is 0 Å². The van der Waals surface area contributed by atoms with Crippen molar-refractivity contribution in [2.24, 2.45) is 0 Å². The van der Waals surface area contributed by atoms with Crippen LogP contribution in [0.3, 0.4) is 0 Å². The summed E-state index contributed by atoms with van der Waals surface area (Å²) < 4.78 is 0. The van der Waals surface area contributed by atoms with Gasteiger partial charge in [0.05, 0.1) is 36.2 Å². The van der Waals surface area contributed by atoms with Crippen molar-refractivity contribution in [2.75, 3.05) is 0 Å². The van der Waals surface area contributed by atoms with Gasteiger partial charge in [0, 0.05) is 0 Å². The second kappa shape index (κ2) is 29.3. The molecule has 0 aromatic rings. The molecule has 0 aliphatic rings. The van der Waals surface area contributed by atoms with Crippen LogP contribution in [-0.4, -0.2) is 68.0 Å². The van der Waals surface area contributed by atoms with Crippen LogP contribution < -0.4 is 15.3 Å². The molecule has 12 nitrogen and oxygen atoms in total. The monoisotopic (exact) mass is 422 g/mol. The quantitative estimate of drug-likeness (QED) is 0.383. The van der Waals surface area contributed by atoms with Crippen molar-refractivity contribution in [2.45, 2.75) is 39.1 Å². The number of carbonyl (C=O) groups is 3. The third-order valence-corrected chi connectivity index (χ3v) is 1.02. The van der Waals surface area contributed by atoms with Crippen LogP contribution in [0.4, 0.5) is 0 Å². The number of aliphatic carboxylic acids is 3. The summed E-state index contributed by atoms with van der Waals surface area (Å²) in [6.45, 7) is 3.40. The van der Waals surface area contributed by atoms with E-state index in [0.717, 1.165) is 20.8 Å². The van der Waals surface area contributed by atoms with Gasteiger partial charge in [-0.2, -0.15) is 0 Å². The smallest absolute Gasteiger partial charge is 0.870 e. The Bertz CT molecular complexity index is 226. The molecule has 0 aromatic carbocycles. The van der Waals surface area contributed by atoms with E-state index < -0.39 is 36.2 Å². The van der Waals surface area contributed by atoms with Crippen molar-refractivity contribution in [3.8, 4) is 0 Å². The maximum absolute atomic E-state index is 9.34. The van der Waals surface area contributed by atoms with Gasteiger partial charge in [-0.3, -0.25) is 0 Å². The number of carboxylic acids is 3. The van der Waals surface area contributed by atoms with E-state index in [1.54, 1.807) is 0 Å². The minimum absolute atomic E-state index is 0. The Balaban J connectivity index is -0.0000000221. The molecule has 23 heavy (non-hydrogen) atoms. The Morgan fingerprint density at radius 3 is 0.652 bits per heavy atom. The molecule has 3 atom stereocenters. The average Bonchev–Trinajstić information content (AvgIpc) is 2.18. The van der Waals surface area contributed by atoms with E-state index in [-0.39, 0.29) is 51.2 Å². The first-order valence-corrected chi connectivity index (χ1v) is 4.60. The van der Waals surface area contributed by atoms with Gasteiger partial charge >= 0.3 is 34.7 Å². The number of hydrogen-bond acceptors (Lipinski definition) is 12. The third kappa shape index (κ3) is 62.2. The Kier molecular flexibility index (Phi) is 63.0. The van der Waals surface area contributed by atoms with Crippen molar-refractivity contribution in [1.82, 2.24) is 0 Å². The second-order valence-electron chi connectivity index (χ2n) is 2.99. The fourth-order valence-electron chi connectivity index (χ4n) is 0. The first kappa shape index (κ1) is 49.5. The summed E-state index contributed by atoms with van der Waals surface area (Å²) in [7, 11) is 0. The zero-order valence-electron chi connectivity index (χ0n) is 12.2. The molecule has 0 fully saturated rings. The first-order chi connectivity index (χ1) is 7.93. The van der Waals surface area contributed by atoms with Gasteiger partial charge in [0.25, 0.3) is 0 Å². The normalized spacial score (nSPS) is 10.7. The molecular weight excluding hydrogens is 404 g/mol. The molecule has 138 valence electrons. The molecule has 3 unspecified atom stereocenters. The van der Waals surface area contributed by atoms with Crippen molar-refractivity contribution < 1.29 is 96.2 Å². The van der Waals surface area contributed by atoms with Gasteiger partial charge in [-0.05, 0) is 20.8 Å². The topological polar surface area (TPSA) is 271 Å². The van der Waals surface area contributed by atoms with Gasteiger partial charge in [-0.15, -0.1) is 0 Å². The van der Waals surface area contributed by atoms with Crippen molar-refractivity contribution in [3.63, 3.8) is 0 Å². The first-order valence-electron chi connectivity index (χ1n) is 4.60. The van der Waals surface area contributed by atoms with E-state index in [1.165, 1.54) is 0 Å². The summed E-state index contributed by atoms with van der Waals surface area (Å²) in [6.07, 6.45) is -4.03. The van der Waals surface area contributed by atoms with Crippen LogP contribution in [0.15, 0.2) is 0 Å². The molecule has 0 bridgehead atoms. The summed E-state index contributed by atoms with van der Waals surface area (Å²) in [5.41, 5.74) is 0. The van der Waals surface area contributed by atoms with Crippen molar-refractivity contribution in [1.29, 1.82) is 0 Å². The molecule has 0 aliphatic heterocycles. The molecule has 0 saturated heterocycles. The van der Waals surface area contributed by atoms with E-state index >= 15 is 0 Å². The Morgan fingerprint density at radius 1 is 0.609 bits per heavy atom. The van der Waals surface area contributed by atoms with Crippen LogP contribution in [0.25, 0.3) is 0 Å². The van der Waals surface area contributed by atoms with Crippen LogP contribution >= 0.6 is 0 Å². The maximum Gasteiger partial charge on any atom is 3.00 e. The van der Waals surface area contributed by atoms with Crippen molar-refractivity contribution >= 4 is 17.9 Å². The van der Waals surface area contributed by atoms with E-state index in [4.69, 9.17) is 15.3 Å². The second-order valence-corrected chi connectivity index (χ2v) is 2.99. The van der Waals surface area contributed by atoms with Crippen LogP contribution in [0, 0.1) is 0 Å². The number of aliphatic hydroxyl groups is 3. The summed E-state index contributed by atoms with van der Waals surface area (Å²) in [5, 5.41) is 51.9. The zero-order chi connectivity index (χ0) is 15.5. The van der Waals surface area contributed by atoms with Gasteiger partial charge in [0.15, 0.2) is 0 Å². The molecule has 0 rings (SSSR count). The van der Waals surface area contributed by atoms with Crippen LogP contribution in [0.1, 0.15) is 20.8 Å². The summed E-state index contributed by atoms with van der Waals surface area (Å²) in [4.78, 5) is 28.0. The van der Waals surface area contributed by atoms with Crippen molar-refractivity contribution in [3.05, 3.63) is 0 Å². The third-order valence-electron chi connectivity index (χ3n) is 1.02. The molecule has 2 radical (unpaired) electrons. The SMILES string of the molecule is CC(O)C(=O)[O-].CC(O)C(=O)[O-].CC(O)C(=O)[O-].[Cr+3].[Cr+3].[OH-].[OH-].[OH-]. The average molecular weight is 422 g/mol. The molecule has 0 spiro atoms. The van der Waals surface area contributed by atoms with Gasteiger partial charge in [0.2, 0.25) is 0 Å². The van der Waals surface area contributed by atoms with Gasteiger partial charge < -0.3 is 61.5 Å². The molecule has 0 amide bonds. The van der Waals surface area contributed by atoms with E-state index in [1.807, 2.05) is 0 Å². The number of aliphatic hydroxyl groups excluding tert-OH is 3. The largest absolute Gasteiger partial charge is 3.00 e. The number of hydrogen-bond donors (Lipinski definition) is 3. The molecule has 14 heteroatoms. The number of rotatable bonds is 3. The Hall–Kier alpha value is -0.765. The number of carbonyl (C=O) groups excluding carboxylic acids is 3. The Morgan fingerprint density at radius 2 is 0.652 bits per heavy atom. The van der Waals surface area contributed by atoms with Crippen LogP contribution in [-0.2, 0) is 49.1 Å².